The van der Waals surface area contributed by atoms with Crippen molar-refractivity contribution in [3.8, 4) is 0 Å². The van der Waals surface area contributed by atoms with E-state index < -0.39 is 0 Å². The van der Waals surface area contributed by atoms with E-state index in [-0.39, 0.29) is 0 Å². The van der Waals surface area contributed by atoms with Crippen molar-refractivity contribution in [3.63, 3.8) is 0 Å². The van der Waals surface area contributed by atoms with E-state index in [0.717, 1.165) is 12.0 Å². The molecule has 3 atom stereocenters. The molecule has 1 N–H and O–H groups in total. The van der Waals surface area contributed by atoms with Gasteiger partial charge in [0.25, 0.3) is 0 Å². The van der Waals surface area contributed by atoms with E-state index in [9.17, 15) is 0 Å². The lowest BCUT2D eigenvalue weighted by Crippen LogP contribution is -2.47. The molecule has 17 heavy (non-hydrogen) atoms. The zero-order valence-corrected chi connectivity index (χ0v) is 11.5. The van der Waals surface area contributed by atoms with Crippen LogP contribution in [0.2, 0.25) is 0 Å². The fraction of sp³-hybridized carbons (Fsp3) is 0.867. The SMILES string of the molecule is CCN1CCCC(C(C)NC2CC=CCC2)C1. The molecule has 0 spiro atoms. The molecule has 0 radical (unpaired) electrons. The summed E-state index contributed by atoms with van der Waals surface area (Å²) >= 11 is 0. The average Bonchev–Trinajstić information content (AvgIpc) is 2.40. The number of hydrogen-bond donors (Lipinski definition) is 1. The van der Waals surface area contributed by atoms with Gasteiger partial charge in [-0.1, -0.05) is 19.1 Å². The molecule has 2 aliphatic rings. The van der Waals surface area contributed by atoms with Crippen molar-refractivity contribution < 1.29 is 0 Å². The summed E-state index contributed by atoms with van der Waals surface area (Å²) in [7, 11) is 0. The van der Waals surface area contributed by atoms with Gasteiger partial charge in [-0.05, 0) is 58.0 Å². The van der Waals surface area contributed by atoms with Crippen molar-refractivity contribution in [2.24, 2.45) is 5.92 Å². The summed E-state index contributed by atoms with van der Waals surface area (Å²) in [6.07, 6.45) is 11.3. The zero-order valence-electron chi connectivity index (χ0n) is 11.5. The number of allylic oxidation sites excluding steroid dienone is 1. The van der Waals surface area contributed by atoms with Gasteiger partial charge in [-0.15, -0.1) is 0 Å². The number of rotatable bonds is 4. The first-order valence-corrected chi connectivity index (χ1v) is 7.43. The normalized spacial score (nSPS) is 32.6. The van der Waals surface area contributed by atoms with Gasteiger partial charge in [0.1, 0.15) is 0 Å². The van der Waals surface area contributed by atoms with Crippen LogP contribution < -0.4 is 5.32 Å². The van der Waals surface area contributed by atoms with Crippen LogP contribution >= 0.6 is 0 Å². The molecule has 2 heteroatoms. The maximum atomic E-state index is 3.86. The average molecular weight is 236 g/mol. The monoisotopic (exact) mass is 236 g/mol. The Morgan fingerprint density at radius 3 is 2.94 bits per heavy atom. The molecular weight excluding hydrogens is 208 g/mol. The number of nitrogens with zero attached hydrogens (tertiary/aromatic N) is 1. The third kappa shape index (κ3) is 3.82. The predicted octanol–water partition coefficient (Wildman–Crippen LogP) is 2.81. The van der Waals surface area contributed by atoms with Crippen LogP contribution in [0.3, 0.4) is 0 Å². The summed E-state index contributed by atoms with van der Waals surface area (Å²) in [5.74, 6) is 0.856. The van der Waals surface area contributed by atoms with Crippen molar-refractivity contribution in [1.29, 1.82) is 0 Å². The Bertz CT molecular complexity index is 249. The summed E-state index contributed by atoms with van der Waals surface area (Å²) in [4.78, 5) is 2.60. The van der Waals surface area contributed by atoms with Crippen LogP contribution in [0.15, 0.2) is 12.2 Å². The van der Waals surface area contributed by atoms with Crippen molar-refractivity contribution in [2.45, 2.75) is 58.0 Å². The van der Waals surface area contributed by atoms with E-state index in [4.69, 9.17) is 0 Å². The van der Waals surface area contributed by atoms with E-state index in [1.165, 1.54) is 51.7 Å². The second-order valence-electron chi connectivity index (χ2n) is 5.73. The van der Waals surface area contributed by atoms with Crippen LogP contribution in [0.5, 0.6) is 0 Å². The Balaban J connectivity index is 1.78. The van der Waals surface area contributed by atoms with Gasteiger partial charge in [-0.2, -0.15) is 0 Å². The molecular formula is C15H28N2. The second kappa shape index (κ2) is 6.55. The first kappa shape index (κ1) is 13.1. The third-order valence-electron chi connectivity index (χ3n) is 4.46. The molecule has 0 amide bonds. The first-order valence-electron chi connectivity index (χ1n) is 7.43. The van der Waals surface area contributed by atoms with Gasteiger partial charge in [0.05, 0.1) is 0 Å². The summed E-state index contributed by atoms with van der Waals surface area (Å²) in [5.41, 5.74) is 0. The van der Waals surface area contributed by atoms with E-state index in [1.54, 1.807) is 0 Å². The molecule has 0 saturated carbocycles. The van der Waals surface area contributed by atoms with E-state index in [2.05, 4.69) is 36.2 Å². The molecule has 1 fully saturated rings. The van der Waals surface area contributed by atoms with Crippen LogP contribution in [-0.4, -0.2) is 36.6 Å². The topological polar surface area (TPSA) is 15.3 Å². The second-order valence-corrected chi connectivity index (χ2v) is 5.73. The third-order valence-corrected chi connectivity index (χ3v) is 4.46. The maximum absolute atomic E-state index is 3.86. The standard InChI is InChI=1S/C15H28N2/c1-3-17-11-7-8-14(12-17)13(2)16-15-9-5-4-6-10-15/h4-5,13-16H,3,6-12H2,1-2H3. The Kier molecular flexibility index (Phi) is 5.05. The minimum Gasteiger partial charge on any atom is -0.311 e. The van der Waals surface area contributed by atoms with Crippen LogP contribution in [0.4, 0.5) is 0 Å². The number of nitrogens with one attached hydrogen (secondary N) is 1. The van der Waals surface area contributed by atoms with Crippen molar-refractivity contribution in [2.75, 3.05) is 19.6 Å². The lowest BCUT2D eigenvalue weighted by atomic mass is 9.90. The minimum absolute atomic E-state index is 0.681. The van der Waals surface area contributed by atoms with Crippen LogP contribution in [-0.2, 0) is 0 Å². The highest BCUT2D eigenvalue weighted by Gasteiger charge is 2.25. The van der Waals surface area contributed by atoms with Crippen molar-refractivity contribution in [1.82, 2.24) is 10.2 Å². The van der Waals surface area contributed by atoms with Crippen molar-refractivity contribution >= 4 is 0 Å². The van der Waals surface area contributed by atoms with Gasteiger partial charge in [-0.25, -0.2) is 0 Å². The highest BCUT2D eigenvalue weighted by Crippen LogP contribution is 2.21. The fourth-order valence-corrected chi connectivity index (χ4v) is 3.24. The van der Waals surface area contributed by atoms with Gasteiger partial charge >= 0.3 is 0 Å². The molecule has 0 aromatic carbocycles. The Morgan fingerprint density at radius 1 is 1.35 bits per heavy atom. The van der Waals surface area contributed by atoms with Crippen LogP contribution in [0.25, 0.3) is 0 Å². The molecule has 2 nitrogen and oxygen atoms in total. The molecule has 1 aliphatic heterocycles. The van der Waals surface area contributed by atoms with Gasteiger partial charge in [0.15, 0.2) is 0 Å². The predicted molar refractivity (Wildman–Crippen MR) is 74.2 cm³/mol. The Labute approximate surface area is 106 Å². The Morgan fingerprint density at radius 2 is 2.24 bits per heavy atom. The minimum atomic E-state index is 0.681. The maximum Gasteiger partial charge on any atom is 0.0107 e. The molecule has 0 bridgehead atoms. The van der Waals surface area contributed by atoms with Gasteiger partial charge in [0.2, 0.25) is 0 Å². The number of piperidine rings is 1. The highest BCUT2D eigenvalue weighted by atomic mass is 15.1. The number of hydrogen-bond acceptors (Lipinski definition) is 2. The lowest BCUT2D eigenvalue weighted by molar-refractivity contribution is 0.151. The van der Waals surface area contributed by atoms with Crippen molar-refractivity contribution in [3.05, 3.63) is 12.2 Å². The molecule has 1 heterocycles. The van der Waals surface area contributed by atoms with Crippen LogP contribution in [0, 0.1) is 5.92 Å². The molecule has 2 rings (SSSR count). The summed E-state index contributed by atoms with van der Waals surface area (Å²) in [5, 5.41) is 3.86. The fourth-order valence-electron chi connectivity index (χ4n) is 3.24. The van der Waals surface area contributed by atoms with Gasteiger partial charge < -0.3 is 10.2 Å². The number of likely N-dealkylation sites (tertiary alicyclic amines) is 1. The quantitative estimate of drug-likeness (QED) is 0.755. The molecule has 3 unspecified atom stereocenters. The molecule has 98 valence electrons. The van der Waals surface area contributed by atoms with E-state index >= 15 is 0 Å². The summed E-state index contributed by atoms with van der Waals surface area (Å²) in [6.45, 7) is 8.50. The summed E-state index contributed by atoms with van der Waals surface area (Å²) < 4.78 is 0. The first-order chi connectivity index (χ1) is 8.29. The van der Waals surface area contributed by atoms with Gasteiger partial charge in [0, 0.05) is 18.6 Å². The van der Waals surface area contributed by atoms with E-state index in [1.807, 2.05) is 0 Å². The smallest absolute Gasteiger partial charge is 0.0107 e. The highest BCUT2D eigenvalue weighted by molar-refractivity contribution is 4.94. The zero-order chi connectivity index (χ0) is 12.1. The van der Waals surface area contributed by atoms with Gasteiger partial charge in [-0.3, -0.25) is 0 Å². The molecule has 1 saturated heterocycles. The molecule has 0 aromatic rings. The molecule has 1 aliphatic carbocycles. The van der Waals surface area contributed by atoms with Crippen LogP contribution in [0.1, 0.15) is 46.0 Å². The largest absolute Gasteiger partial charge is 0.311 e. The van der Waals surface area contributed by atoms with E-state index in [0.29, 0.717) is 6.04 Å². The summed E-state index contributed by atoms with van der Waals surface area (Å²) in [6, 6.07) is 1.41. The Hall–Kier alpha value is -0.340. The molecule has 0 aromatic heterocycles. The lowest BCUT2D eigenvalue weighted by Gasteiger charge is -2.37.